The van der Waals surface area contributed by atoms with Crippen LogP contribution in [-0.4, -0.2) is 62.8 Å². The maximum Gasteiger partial charge on any atom is 2.00 e. The molecule has 0 bridgehead atoms. The Bertz CT molecular complexity index is 673. The van der Waals surface area contributed by atoms with Crippen molar-refractivity contribution in [1.29, 1.82) is 0 Å². The van der Waals surface area contributed by atoms with E-state index in [4.69, 9.17) is 80.9 Å². The fraction of sp³-hybridized carbons (Fsp3) is 0. The van der Waals surface area contributed by atoms with Gasteiger partial charge in [0.15, 0.2) is 0 Å². The van der Waals surface area contributed by atoms with Gasteiger partial charge in [-0.15, -0.1) is 0 Å². The van der Waals surface area contributed by atoms with Crippen LogP contribution in [0.25, 0.3) is 0 Å². The van der Waals surface area contributed by atoms with E-state index in [2.05, 4.69) is 0 Å². The summed E-state index contributed by atoms with van der Waals surface area (Å²) >= 11 is -34.7. The third-order valence-corrected chi connectivity index (χ3v) is 0. The van der Waals surface area contributed by atoms with E-state index in [1.54, 1.807) is 0 Å². The van der Waals surface area contributed by atoms with Crippen LogP contribution in [0.2, 0.25) is 0 Å². The van der Waals surface area contributed by atoms with Crippen molar-refractivity contribution < 1.29 is 267 Å². The van der Waals surface area contributed by atoms with Crippen molar-refractivity contribution in [2.75, 3.05) is 0 Å². The van der Waals surface area contributed by atoms with Gasteiger partial charge < -0.3 is 0 Å². The molecule has 0 aromatic heterocycles. The molecular formula is AlLaO24SrTa8. The van der Waals surface area contributed by atoms with E-state index in [1.165, 1.54) is 0 Å². The molecule has 0 N–H and O–H groups in total. The van der Waals surface area contributed by atoms with Crippen LogP contribution >= 0.6 is 0 Å². The summed E-state index contributed by atoms with van der Waals surface area (Å²) < 4.78 is 207. The Morgan fingerprint density at radius 3 is 0.257 bits per heavy atom. The van der Waals surface area contributed by atoms with E-state index >= 15 is 0 Å². The van der Waals surface area contributed by atoms with Gasteiger partial charge in [-0.3, -0.25) is 0 Å². The van der Waals surface area contributed by atoms with Gasteiger partial charge in [0.2, 0.25) is 0 Å². The number of hydrogen-bond donors (Lipinski definition) is 0. The Morgan fingerprint density at radius 1 is 0.257 bits per heavy atom. The summed E-state index contributed by atoms with van der Waals surface area (Å²) in [7, 11) is 0. The van der Waals surface area contributed by atoms with Gasteiger partial charge >= 0.3 is 330 Å². The van der Waals surface area contributed by atoms with E-state index in [0.29, 0.717) is 0 Å². The molecule has 192 valence electrons. The smallest absolute Gasteiger partial charge is 2.00 e. The van der Waals surface area contributed by atoms with Crippen molar-refractivity contribution in [2.45, 2.75) is 0 Å². The second-order valence-corrected chi connectivity index (χ2v) is 14.6. The minimum Gasteiger partial charge on any atom is 2.00 e. The van der Waals surface area contributed by atoms with E-state index < -0.39 is 150 Å². The summed E-state index contributed by atoms with van der Waals surface area (Å²) in [5, 5.41) is 0. The fourth-order valence-electron chi connectivity index (χ4n) is 0. The second kappa shape index (κ2) is 67.3. The van der Waals surface area contributed by atoms with Gasteiger partial charge in [-0.1, -0.05) is 0 Å². The molecule has 0 aromatic carbocycles. The molecule has 0 rings (SSSR count). The zero-order valence-electron chi connectivity index (χ0n) is 15.2. The molecular weight excluding hydrogens is 2090 g/mol. The summed E-state index contributed by atoms with van der Waals surface area (Å²) in [6.07, 6.45) is 0. The first-order valence-electron chi connectivity index (χ1n) is 4.38. The maximum atomic E-state index is 8.62. The van der Waals surface area contributed by atoms with E-state index in [0.717, 1.165) is 0 Å². The van der Waals surface area contributed by atoms with E-state index in [9.17, 15) is 0 Å². The first-order chi connectivity index (χ1) is 13.9. The summed E-state index contributed by atoms with van der Waals surface area (Å²) in [6.45, 7) is 0. The zero-order chi connectivity index (χ0) is 28.6. The Balaban J connectivity index is -0.0000000206. The van der Waals surface area contributed by atoms with Gasteiger partial charge in [0.05, 0.1) is 0 Å². The van der Waals surface area contributed by atoms with Crippen molar-refractivity contribution in [2.24, 2.45) is 0 Å². The monoisotopic (exact) mass is 2090 g/mol. The summed E-state index contributed by atoms with van der Waals surface area (Å²) in [5.74, 6) is 0. The number of rotatable bonds is 0. The maximum absolute atomic E-state index is 8.62. The van der Waals surface area contributed by atoms with Crippen molar-refractivity contribution in [3.8, 4) is 0 Å². The SMILES string of the molecule is [Al+3].[La+3].[O]=[Ta](=[O])[O-].[O]=[Ta](=[O])[O-].[O]=[Ta](=[O])[O-].[O]=[Ta](=[O])[O-].[O]=[Ta](=[O])[O-].[O]=[Ta](=[O])[O-].[O]=[Ta](=[O])[O-].[O]=[Ta](=[O])[O-].[Sr+2]. The van der Waals surface area contributed by atoms with Gasteiger partial charge in [-0.2, -0.15) is 0 Å². The van der Waals surface area contributed by atoms with Crippen LogP contribution in [-0.2, 0) is 202 Å². The van der Waals surface area contributed by atoms with Crippen LogP contribution in [0, 0.1) is 35.6 Å². The van der Waals surface area contributed by atoms with Crippen molar-refractivity contribution >= 4 is 62.8 Å². The van der Waals surface area contributed by atoms with Crippen molar-refractivity contribution in [1.82, 2.24) is 0 Å². The van der Waals surface area contributed by atoms with Crippen LogP contribution in [0.1, 0.15) is 0 Å². The molecule has 0 radical (unpaired) electrons. The molecule has 0 heterocycles. The molecule has 0 aliphatic rings. The van der Waals surface area contributed by atoms with Crippen molar-refractivity contribution in [3.63, 3.8) is 0 Å². The summed E-state index contributed by atoms with van der Waals surface area (Å²) in [5.41, 5.74) is 0. The predicted molar refractivity (Wildman–Crippen MR) is 22.5 cm³/mol. The van der Waals surface area contributed by atoms with Crippen LogP contribution < -0.4 is 28.9 Å². The molecule has 0 aliphatic heterocycles. The summed E-state index contributed by atoms with van der Waals surface area (Å²) in [6, 6.07) is 0. The molecule has 0 saturated heterocycles. The van der Waals surface area contributed by atoms with Crippen LogP contribution in [0.3, 0.4) is 0 Å². The molecule has 0 saturated carbocycles. The van der Waals surface area contributed by atoms with E-state index in [-0.39, 0.29) is 98.4 Å². The first kappa shape index (κ1) is 72.7. The first-order valence-corrected chi connectivity index (χ1v) is 35.9. The standard InChI is InChI=1S/Al.La.24O.Sr.8Ta/q2*+3;;;;;;;;;;;;;;;;;8*-1;+2;;;;;;;;. The Hall–Kier alpha value is 5.61. The van der Waals surface area contributed by atoms with Crippen LogP contribution in [0.5, 0.6) is 0 Å². The normalized spacial score (nSPS) is 5.71. The third-order valence-electron chi connectivity index (χ3n) is 0. The minimum absolute atomic E-state index is 0. The van der Waals surface area contributed by atoms with Gasteiger partial charge in [0, 0.05) is 0 Å². The van der Waals surface area contributed by atoms with Crippen LogP contribution in [0.4, 0.5) is 0 Å². The van der Waals surface area contributed by atoms with Crippen molar-refractivity contribution in [3.05, 3.63) is 0 Å². The fourth-order valence-corrected chi connectivity index (χ4v) is 0. The Kier molecular flexibility index (Phi) is 140. The average Bonchev–Trinajstić information content (AvgIpc) is 2.30. The quantitative estimate of drug-likeness (QED) is 0.203. The Morgan fingerprint density at radius 2 is 0.257 bits per heavy atom. The minimum atomic E-state index is -4.34. The molecule has 0 spiro atoms. The van der Waals surface area contributed by atoms with Gasteiger partial charge in [0.1, 0.15) is 0 Å². The third kappa shape index (κ3) is 1780. The molecule has 0 unspecified atom stereocenters. The predicted octanol–water partition coefficient (Wildman–Crippen LogP) is -12.2. The molecule has 0 atom stereocenters. The number of hydrogen-bond acceptors (Lipinski definition) is 24. The molecule has 0 aromatic rings. The van der Waals surface area contributed by atoms with Gasteiger partial charge in [0.25, 0.3) is 0 Å². The molecule has 35 heteroatoms. The molecule has 0 fully saturated rings. The van der Waals surface area contributed by atoms with Crippen LogP contribution in [0.15, 0.2) is 0 Å². The second-order valence-electron chi connectivity index (χ2n) is 1.79. The zero-order valence-corrected chi connectivity index (χ0v) is 49.2. The summed E-state index contributed by atoms with van der Waals surface area (Å²) in [4.78, 5) is 0. The topological polar surface area (TPSA) is 458 Å². The molecule has 0 amide bonds. The molecule has 0 aliphatic carbocycles. The Labute approximate surface area is 321 Å². The molecule has 24 nitrogen and oxygen atoms in total. The average molecular weight is 2090 g/mol. The van der Waals surface area contributed by atoms with Gasteiger partial charge in [-0.05, 0) is 0 Å². The molecule has 35 heavy (non-hydrogen) atoms. The van der Waals surface area contributed by atoms with Gasteiger partial charge in [-0.25, -0.2) is 0 Å². The largest absolute Gasteiger partial charge is 2.00 e. The van der Waals surface area contributed by atoms with E-state index in [1.807, 2.05) is 0 Å².